The van der Waals surface area contributed by atoms with E-state index in [2.05, 4.69) is 6.58 Å². The predicted molar refractivity (Wildman–Crippen MR) is 164 cm³/mol. The molecule has 0 aliphatic carbocycles. The summed E-state index contributed by atoms with van der Waals surface area (Å²) in [5.74, 6) is -1.44. The molecule has 1 fully saturated rings. The molecule has 0 amide bonds. The van der Waals surface area contributed by atoms with Crippen LogP contribution in [0.25, 0.3) is 0 Å². The molecule has 2 aromatic rings. The largest absolute Gasteiger partial charge is 0.497 e. The number of methoxy groups -OCH3 is 2. The van der Waals surface area contributed by atoms with Gasteiger partial charge < -0.3 is 33.2 Å². The van der Waals surface area contributed by atoms with Crippen molar-refractivity contribution in [3.63, 3.8) is 0 Å². The van der Waals surface area contributed by atoms with E-state index in [-0.39, 0.29) is 26.1 Å². The van der Waals surface area contributed by atoms with Gasteiger partial charge in [0.25, 0.3) is 0 Å². The first kappa shape index (κ1) is 33.9. The zero-order valence-corrected chi connectivity index (χ0v) is 25.8. The molecule has 0 saturated carbocycles. The van der Waals surface area contributed by atoms with E-state index < -0.39 is 54.5 Å². The van der Waals surface area contributed by atoms with Gasteiger partial charge in [0, 0.05) is 20.0 Å². The first-order valence-electron chi connectivity index (χ1n) is 15.2. The van der Waals surface area contributed by atoms with Crippen LogP contribution in [0.5, 0.6) is 5.75 Å². The summed E-state index contributed by atoms with van der Waals surface area (Å²) < 4.78 is 40.9. The van der Waals surface area contributed by atoms with Crippen LogP contribution in [0, 0.1) is 5.92 Å². The molecule has 2 aliphatic heterocycles. The topological polar surface area (TPSA) is 116 Å². The molecule has 2 heterocycles. The number of fused-ring (bicyclic) bond motifs is 1. The molecule has 10 nitrogen and oxygen atoms in total. The fourth-order valence-electron chi connectivity index (χ4n) is 5.27. The highest BCUT2D eigenvalue weighted by Crippen LogP contribution is 2.31. The van der Waals surface area contributed by atoms with Crippen molar-refractivity contribution in [1.82, 2.24) is 0 Å². The Morgan fingerprint density at radius 3 is 2.22 bits per heavy atom. The van der Waals surface area contributed by atoms with Gasteiger partial charge in [-0.3, -0.25) is 14.4 Å². The van der Waals surface area contributed by atoms with Crippen LogP contribution < -0.4 is 4.74 Å². The Bertz CT molecular complexity index is 1280. The minimum Gasteiger partial charge on any atom is -0.497 e. The van der Waals surface area contributed by atoms with Crippen molar-refractivity contribution < 1.29 is 47.5 Å². The molecule has 2 aromatic carbocycles. The Morgan fingerprint density at radius 2 is 1.60 bits per heavy atom. The zero-order valence-electron chi connectivity index (χ0n) is 25.8. The zero-order chi connectivity index (χ0) is 32.0. The summed E-state index contributed by atoms with van der Waals surface area (Å²) in [6, 6.07) is 17.0. The second kappa shape index (κ2) is 17.5. The number of rotatable bonds is 12. The molecular formula is C35H42O10. The Morgan fingerprint density at radius 1 is 0.933 bits per heavy atom. The Kier molecular flexibility index (Phi) is 13.2. The maximum atomic E-state index is 13.8. The first-order chi connectivity index (χ1) is 21.9. The van der Waals surface area contributed by atoms with E-state index >= 15 is 0 Å². The van der Waals surface area contributed by atoms with Gasteiger partial charge in [-0.05, 0) is 48.9 Å². The quantitative estimate of drug-likeness (QED) is 0.184. The Hall–Kier alpha value is -3.99. The van der Waals surface area contributed by atoms with Crippen molar-refractivity contribution in [3.05, 3.63) is 90.5 Å². The summed E-state index contributed by atoms with van der Waals surface area (Å²) in [5.41, 5.74) is 1.84. The molecule has 0 spiro atoms. The molecule has 1 saturated heterocycles. The lowest BCUT2D eigenvalue weighted by molar-refractivity contribution is -0.305. The molecule has 0 unspecified atom stereocenters. The number of ether oxygens (including phenoxy) is 7. The van der Waals surface area contributed by atoms with E-state index in [9.17, 15) is 14.4 Å². The third-order valence-corrected chi connectivity index (χ3v) is 7.63. The van der Waals surface area contributed by atoms with Crippen molar-refractivity contribution in [2.24, 2.45) is 5.92 Å². The SMILES string of the molecule is C=CC[C@@H](Cc1ccccc1)C(=O)O[C@H]1[C@@H]2OC(=O)CCC=CCCC(=O)O[C@H]2[C@@H](OC)O[C@@H]1COCc1ccc(OC)cc1. The van der Waals surface area contributed by atoms with E-state index in [0.717, 1.165) is 11.1 Å². The number of esters is 3. The van der Waals surface area contributed by atoms with Crippen LogP contribution >= 0.6 is 0 Å². The highest BCUT2D eigenvalue weighted by atomic mass is 16.7. The van der Waals surface area contributed by atoms with E-state index in [4.69, 9.17) is 33.2 Å². The highest BCUT2D eigenvalue weighted by Gasteiger charge is 2.53. The summed E-state index contributed by atoms with van der Waals surface area (Å²) in [6.45, 7) is 4.01. The minimum absolute atomic E-state index is 0.0356. The fraction of sp³-hybridized carbons (Fsp3) is 0.457. The summed E-state index contributed by atoms with van der Waals surface area (Å²) in [5, 5.41) is 0. The van der Waals surface area contributed by atoms with Gasteiger partial charge in [0.15, 0.2) is 24.6 Å². The molecule has 10 heteroatoms. The van der Waals surface area contributed by atoms with Crippen molar-refractivity contribution in [2.45, 2.75) is 75.8 Å². The van der Waals surface area contributed by atoms with Gasteiger partial charge in [-0.2, -0.15) is 0 Å². The second-order valence-corrected chi connectivity index (χ2v) is 10.9. The van der Waals surface area contributed by atoms with E-state index in [1.807, 2.05) is 66.7 Å². The standard InChI is InChI=1S/C35H42O10/c1-4-12-26(21-24-13-8-7-9-14-24)34(38)45-31-28(23-41-22-25-17-19-27(39-2)20-18-25)42-35(40-3)33-32(31)43-29(36)15-10-5-6-11-16-30(37)44-33/h4-9,13-14,17-20,26,28,31-33,35H,1,10-12,15-16,21-23H2,2-3H3/t26-,28+,31+,32-,33+,35-/m0/s1. The van der Waals surface area contributed by atoms with Gasteiger partial charge in [0.2, 0.25) is 0 Å². The molecule has 4 rings (SSSR count). The third-order valence-electron chi connectivity index (χ3n) is 7.63. The van der Waals surface area contributed by atoms with Crippen LogP contribution in [0.1, 0.15) is 43.2 Å². The predicted octanol–water partition coefficient (Wildman–Crippen LogP) is 4.88. The summed E-state index contributed by atoms with van der Waals surface area (Å²) in [6.07, 6.45) is 1.60. The number of allylic oxidation sites excluding steroid dienone is 3. The van der Waals surface area contributed by atoms with Crippen LogP contribution in [-0.2, 0) is 55.8 Å². The molecular weight excluding hydrogens is 580 g/mol. The lowest BCUT2D eigenvalue weighted by Crippen LogP contribution is -2.63. The number of hydrogen-bond acceptors (Lipinski definition) is 10. The van der Waals surface area contributed by atoms with Gasteiger partial charge in [-0.15, -0.1) is 6.58 Å². The molecule has 45 heavy (non-hydrogen) atoms. The van der Waals surface area contributed by atoms with E-state index in [0.29, 0.717) is 31.4 Å². The van der Waals surface area contributed by atoms with Gasteiger partial charge >= 0.3 is 17.9 Å². The average molecular weight is 623 g/mol. The number of benzene rings is 2. The molecule has 242 valence electrons. The van der Waals surface area contributed by atoms with Gasteiger partial charge in [0.1, 0.15) is 11.9 Å². The molecule has 2 aliphatic rings. The van der Waals surface area contributed by atoms with Crippen LogP contribution in [0.2, 0.25) is 0 Å². The van der Waals surface area contributed by atoms with Gasteiger partial charge in [-0.25, -0.2) is 0 Å². The van der Waals surface area contributed by atoms with Crippen molar-refractivity contribution >= 4 is 17.9 Å². The Labute approximate surface area is 264 Å². The maximum absolute atomic E-state index is 13.8. The monoisotopic (exact) mass is 622 g/mol. The van der Waals surface area contributed by atoms with Crippen LogP contribution in [0.4, 0.5) is 0 Å². The fourth-order valence-corrected chi connectivity index (χ4v) is 5.27. The summed E-state index contributed by atoms with van der Waals surface area (Å²) in [4.78, 5) is 39.6. The second-order valence-electron chi connectivity index (χ2n) is 10.9. The summed E-state index contributed by atoms with van der Waals surface area (Å²) in [7, 11) is 2.99. The third kappa shape index (κ3) is 10.0. The number of carbonyl (C=O) groups is 3. The maximum Gasteiger partial charge on any atom is 0.310 e. The molecule has 0 bridgehead atoms. The van der Waals surface area contributed by atoms with E-state index in [1.54, 1.807) is 13.2 Å². The Balaban J connectivity index is 1.61. The highest BCUT2D eigenvalue weighted by molar-refractivity contribution is 5.74. The van der Waals surface area contributed by atoms with Crippen LogP contribution in [0.3, 0.4) is 0 Å². The smallest absolute Gasteiger partial charge is 0.310 e. The van der Waals surface area contributed by atoms with Crippen molar-refractivity contribution in [1.29, 1.82) is 0 Å². The normalized spacial score (nSPS) is 24.5. The molecule has 0 aromatic heterocycles. The first-order valence-corrected chi connectivity index (χ1v) is 15.2. The summed E-state index contributed by atoms with van der Waals surface area (Å²) >= 11 is 0. The van der Waals surface area contributed by atoms with Crippen LogP contribution in [-0.4, -0.2) is 69.4 Å². The van der Waals surface area contributed by atoms with E-state index in [1.165, 1.54) is 7.11 Å². The number of hydrogen-bond donors (Lipinski definition) is 0. The van der Waals surface area contributed by atoms with Crippen molar-refractivity contribution in [3.8, 4) is 5.75 Å². The van der Waals surface area contributed by atoms with Gasteiger partial charge in [0.05, 0.1) is 26.2 Å². The average Bonchev–Trinajstić information content (AvgIpc) is 3.04. The number of carbonyl (C=O) groups excluding carboxylic acids is 3. The molecule has 0 radical (unpaired) electrons. The van der Waals surface area contributed by atoms with Crippen molar-refractivity contribution in [2.75, 3.05) is 20.8 Å². The van der Waals surface area contributed by atoms with Crippen LogP contribution in [0.15, 0.2) is 79.4 Å². The van der Waals surface area contributed by atoms with Gasteiger partial charge in [-0.1, -0.05) is 60.7 Å². The minimum atomic E-state index is -1.21. The lowest BCUT2D eigenvalue weighted by atomic mass is 9.95. The lowest BCUT2D eigenvalue weighted by Gasteiger charge is -2.44. The molecule has 0 N–H and O–H groups in total. The molecule has 6 atom stereocenters.